The monoisotopic (exact) mass is 229 g/mol. The predicted octanol–water partition coefficient (Wildman–Crippen LogP) is 2.02. The molecule has 1 rings (SSSR count). The zero-order valence-electron chi connectivity index (χ0n) is 10.3. The van der Waals surface area contributed by atoms with Gasteiger partial charge in [-0.1, -0.05) is 13.8 Å². The molecule has 4 heteroatoms. The van der Waals surface area contributed by atoms with E-state index in [1.54, 1.807) is 4.90 Å². The quantitative estimate of drug-likeness (QED) is 0.758. The Balaban J connectivity index is 2.37. The Morgan fingerprint density at radius 1 is 1.50 bits per heavy atom. The zero-order valence-corrected chi connectivity index (χ0v) is 10.3. The van der Waals surface area contributed by atoms with E-state index in [0.29, 0.717) is 31.5 Å². The zero-order chi connectivity index (χ0) is 12.0. The van der Waals surface area contributed by atoms with E-state index in [2.05, 4.69) is 0 Å². The maximum atomic E-state index is 11.8. The van der Waals surface area contributed by atoms with Crippen LogP contribution in [0.25, 0.3) is 0 Å². The van der Waals surface area contributed by atoms with Crippen molar-refractivity contribution in [1.29, 1.82) is 0 Å². The molecule has 0 saturated heterocycles. The Bertz CT molecular complexity index is 214. The van der Waals surface area contributed by atoms with Crippen LogP contribution >= 0.6 is 0 Å². The van der Waals surface area contributed by atoms with Crippen molar-refractivity contribution in [2.45, 2.75) is 45.6 Å². The summed E-state index contributed by atoms with van der Waals surface area (Å²) in [5.41, 5.74) is 0. The summed E-state index contributed by atoms with van der Waals surface area (Å²) < 4.78 is 5.22. The highest BCUT2D eigenvalue weighted by atomic mass is 16.6. The first kappa shape index (κ1) is 13.3. The highest BCUT2D eigenvalue weighted by Gasteiger charge is 2.29. The average Bonchev–Trinajstić information content (AvgIpc) is 2.17. The molecule has 94 valence electrons. The largest absolute Gasteiger partial charge is 0.449 e. The van der Waals surface area contributed by atoms with Crippen LogP contribution in [0.5, 0.6) is 0 Å². The van der Waals surface area contributed by atoms with Crippen molar-refractivity contribution in [2.24, 2.45) is 5.92 Å². The van der Waals surface area contributed by atoms with E-state index in [1.807, 2.05) is 13.8 Å². The number of nitrogens with zero attached hydrogens (tertiary/aromatic N) is 1. The molecule has 1 aliphatic carbocycles. The minimum absolute atomic E-state index is 0.126. The lowest BCUT2D eigenvalue weighted by molar-refractivity contribution is 0.0570. The van der Waals surface area contributed by atoms with Crippen molar-refractivity contribution in [2.75, 3.05) is 19.8 Å². The van der Waals surface area contributed by atoms with Crippen molar-refractivity contribution < 1.29 is 14.6 Å². The molecule has 1 saturated carbocycles. The summed E-state index contributed by atoms with van der Waals surface area (Å²) in [7, 11) is 0. The first-order valence-corrected chi connectivity index (χ1v) is 6.19. The molecule has 1 N–H and O–H groups in total. The van der Waals surface area contributed by atoms with E-state index in [4.69, 9.17) is 9.84 Å². The van der Waals surface area contributed by atoms with Crippen LogP contribution in [0, 0.1) is 5.92 Å². The van der Waals surface area contributed by atoms with Gasteiger partial charge in [-0.05, 0) is 31.6 Å². The molecule has 0 spiro atoms. The lowest BCUT2D eigenvalue weighted by Crippen LogP contribution is -2.45. The molecule has 0 aromatic carbocycles. The second kappa shape index (κ2) is 6.74. The van der Waals surface area contributed by atoms with E-state index in [-0.39, 0.29) is 12.7 Å². The molecule has 0 atom stereocenters. The maximum absolute atomic E-state index is 11.8. The number of aliphatic hydroxyl groups excluding tert-OH is 1. The van der Waals surface area contributed by atoms with Crippen molar-refractivity contribution in [3.05, 3.63) is 0 Å². The van der Waals surface area contributed by atoms with Crippen LogP contribution in [0.15, 0.2) is 0 Å². The third kappa shape index (κ3) is 4.00. The van der Waals surface area contributed by atoms with Crippen LogP contribution in [0.2, 0.25) is 0 Å². The average molecular weight is 229 g/mol. The van der Waals surface area contributed by atoms with Crippen LogP contribution < -0.4 is 0 Å². The van der Waals surface area contributed by atoms with Gasteiger partial charge in [0.25, 0.3) is 0 Å². The minimum atomic E-state index is -0.216. The van der Waals surface area contributed by atoms with Crippen LogP contribution in [0.3, 0.4) is 0 Å². The lowest BCUT2D eigenvalue weighted by atomic mass is 9.91. The molecule has 4 nitrogen and oxygen atoms in total. The fraction of sp³-hybridized carbons (Fsp3) is 0.917. The lowest BCUT2D eigenvalue weighted by Gasteiger charge is -2.36. The van der Waals surface area contributed by atoms with Gasteiger partial charge < -0.3 is 14.7 Å². The number of hydrogen-bond acceptors (Lipinski definition) is 3. The molecule has 16 heavy (non-hydrogen) atoms. The van der Waals surface area contributed by atoms with Gasteiger partial charge >= 0.3 is 6.09 Å². The number of aliphatic hydroxyl groups is 1. The fourth-order valence-electron chi connectivity index (χ4n) is 1.68. The SMILES string of the molecule is CC(C)COC(=O)N(CCCO)C1CCC1. The molecule has 1 aliphatic rings. The molecule has 0 aromatic heterocycles. The van der Waals surface area contributed by atoms with E-state index in [0.717, 1.165) is 12.8 Å². The highest BCUT2D eigenvalue weighted by molar-refractivity contribution is 5.68. The van der Waals surface area contributed by atoms with E-state index in [1.165, 1.54) is 6.42 Å². The van der Waals surface area contributed by atoms with Crippen LogP contribution in [-0.4, -0.2) is 41.9 Å². The van der Waals surface area contributed by atoms with Gasteiger partial charge in [-0.15, -0.1) is 0 Å². The third-order valence-corrected chi connectivity index (χ3v) is 2.85. The van der Waals surface area contributed by atoms with Gasteiger partial charge in [-0.25, -0.2) is 4.79 Å². The van der Waals surface area contributed by atoms with Crippen LogP contribution in [0.4, 0.5) is 4.79 Å². The number of amides is 1. The van der Waals surface area contributed by atoms with Crippen LogP contribution in [-0.2, 0) is 4.74 Å². The van der Waals surface area contributed by atoms with E-state index in [9.17, 15) is 4.79 Å². The smallest absolute Gasteiger partial charge is 0.410 e. The van der Waals surface area contributed by atoms with E-state index < -0.39 is 0 Å². The predicted molar refractivity (Wildman–Crippen MR) is 62.2 cm³/mol. The normalized spacial score (nSPS) is 16.0. The molecular formula is C12H23NO3. The van der Waals surface area contributed by atoms with Gasteiger partial charge in [0.1, 0.15) is 0 Å². The number of hydrogen-bond donors (Lipinski definition) is 1. The summed E-state index contributed by atoms with van der Waals surface area (Å²) >= 11 is 0. The molecule has 0 aromatic rings. The number of carbonyl (C=O) groups excluding carboxylic acids is 1. The Morgan fingerprint density at radius 3 is 2.62 bits per heavy atom. The van der Waals surface area contributed by atoms with Gasteiger partial charge in [0, 0.05) is 19.2 Å². The van der Waals surface area contributed by atoms with Gasteiger partial charge in [-0.3, -0.25) is 0 Å². The van der Waals surface area contributed by atoms with Gasteiger partial charge in [0.2, 0.25) is 0 Å². The van der Waals surface area contributed by atoms with Crippen molar-refractivity contribution >= 4 is 6.09 Å². The summed E-state index contributed by atoms with van der Waals surface area (Å²) in [5.74, 6) is 0.366. The van der Waals surface area contributed by atoms with Crippen molar-refractivity contribution in [1.82, 2.24) is 4.90 Å². The Morgan fingerprint density at radius 2 is 2.19 bits per heavy atom. The Kier molecular flexibility index (Phi) is 5.60. The topological polar surface area (TPSA) is 49.8 Å². The van der Waals surface area contributed by atoms with E-state index >= 15 is 0 Å². The Hall–Kier alpha value is -0.770. The molecular weight excluding hydrogens is 206 g/mol. The highest BCUT2D eigenvalue weighted by Crippen LogP contribution is 2.25. The maximum Gasteiger partial charge on any atom is 0.410 e. The van der Waals surface area contributed by atoms with Crippen LogP contribution in [0.1, 0.15) is 39.5 Å². The van der Waals surface area contributed by atoms with Gasteiger partial charge in [-0.2, -0.15) is 0 Å². The molecule has 0 radical (unpaired) electrons. The summed E-state index contributed by atoms with van der Waals surface area (Å²) in [4.78, 5) is 13.6. The second-order valence-electron chi connectivity index (χ2n) is 4.83. The minimum Gasteiger partial charge on any atom is -0.449 e. The third-order valence-electron chi connectivity index (χ3n) is 2.85. The Labute approximate surface area is 97.6 Å². The summed E-state index contributed by atoms with van der Waals surface area (Å²) in [6, 6.07) is 0.339. The fourth-order valence-corrected chi connectivity index (χ4v) is 1.68. The molecule has 0 aliphatic heterocycles. The number of carbonyl (C=O) groups is 1. The number of rotatable bonds is 6. The second-order valence-corrected chi connectivity index (χ2v) is 4.83. The number of ether oxygens (including phenoxy) is 1. The van der Waals surface area contributed by atoms with Crippen molar-refractivity contribution in [3.63, 3.8) is 0 Å². The summed E-state index contributed by atoms with van der Waals surface area (Å²) in [5, 5.41) is 8.81. The standard InChI is InChI=1S/C12H23NO3/c1-10(2)9-16-12(15)13(7-4-8-14)11-5-3-6-11/h10-11,14H,3-9H2,1-2H3. The molecule has 0 unspecified atom stereocenters. The van der Waals surface area contributed by atoms with Crippen molar-refractivity contribution in [3.8, 4) is 0 Å². The van der Waals surface area contributed by atoms with Gasteiger partial charge in [0.05, 0.1) is 6.61 Å². The molecule has 1 fully saturated rings. The first-order valence-electron chi connectivity index (χ1n) is 6.19. The molecule has 1 amide bonds. The molecule has 0 bridgehead atoms. The van der Waals surface area contributed by atoms with Gasteiger partial charge in [0.15, 0.2) is 0 Å². The summed E-state index contributed by atoms with van der Waals surface area (Å²) in [6.45, 7) is 5.25. The molecule has 0 heterocycles. The first-order chi connectivity index (χ1) is 7.65. The summed E-state index contributed by atoms with van der Waals surface area (Å²) in [6.07, 6.45) is 3.75.